The van der Waals surface area contributed by atoms with Crippen LogP contribution >= 0.6 is 0 Å². The Morgan fingerprint density at radius 1 is 1.30 bits per heavy atom. The third-order valence-corrected chi connectivity index (χ3v) is 5.55. The van der Waals surface area contributed by atoms with Crippen molar-refractivity contribution in [1.82, 2.24) is 24.3 Å². The van der Waals surface area contributed by atoms with Crippen LogP contribution < -0.4 is 4.72 Å². The lowest BCUT2D eigenvalue weighted by Crippen LogP contribution is -2.27. The molecule has 0 aromatic carbocycles. The molecule has 0 aliphatic rings. The maximum atomic E-state index is 12.7. The average Bonchev–Trinajstić information content (AvgIpc) is 3.18. The summed E-state index contributed by atoms with van der Waals surface area (Å²) in [6.45, 7) is -0.155. The van der Waals surface area contributed by atoms with E-state index in [0.29, 0.717) is 6.42 Å². The number of alkyl halides is 5. The van der Waals surface area contributed by atoms with Crippen LogP contribution in [0.25, 0.3) is 0 Å². The molecular formula is C14H18F5N5O2S. The quantitative estimate of drug-likeness (QED) is 0.672. The zero-order valence-corrected chi connectivity index (χ0v) is 15.2. The highest BCUT2D eigenvalue weighted by molar-refractivity contribution is 7.89. The molecule has 0 aliphatic carbocycles. The van der Waals surface area contributed by atoms with Gasteiger partial charge >= 0.3 is 12.7 Å². The summed E-state index contributed by atoms with van der Waals surface area (Å²) < 4.78 is 91.5. The first-order chi connectivity index (χ1) is 12.5. The van der Waals surface area contributed by atoms with E-state index >= 15 is 0 Å². The molecule has 2 rings (SSSR count). The van der Waals surface area contributed by atoms with E-state index in [2.05, 4.69) is 14.9 Å². The van der Waals surface area contributed by atoms with Crippen molar-refractivity contribution in [2.24, 2.45) is 0 Å². The minimum absolute atomic E-state index is 0.110. The summed E-state index contributed by atoms with van der Waals surface area (Å²) in [5.41, 5.74) is -1.25. The van der Waals surface area contributed by atoms with Crippen LogP contribution in [0.1, 0.15) is 43.7 Å². The molecule has 152 valence electrons. The van der Waals surface area contributed by atoms with E-state index in [1.54, 1.807) is 6.92 Å². The first-order valence-electron chi connectivity index (χ1n) is 7.91. The van der Waals surface area contributed by atoms with Gasteiger partial charge in [0.1, 0.15) is 4.90 Å². The van der Waals surface area contributed by atoms with Gasteiger partial charge in [0.2, 0.25) is 10.0 Å². The van der Waals surface area contributed by atoms with Crippen LogP contribution in [0.15, 0.2) is 23.4 Å². The molecule has 2 heterocycles. The summed E-state index contributed by atoms with van der Waals surface area (Å²) in [6.07, 6.45) is -1.97. The van der Waals surface area contributed by atoms with Crippen molar-refractivity contribution >= 4 is 10.0 Å². The first-order valence-corrected chi connectivity index (χ1v) is 9.40. The molecule has 7 nitrogen and oxygen atoms in total. The molecule has 0 bridgehead atoms. The predicted molar refractivity (Wildman–Crippen MR) is 84.6 cm³/mol. The van der Waals surface area contributed by atoms with Gasteiger partial charge in [-0.1, -0.05) is 6.92 Å². The second kappa shape index (κ2) is 7.92. The number of hydrogen-bond acceptors (Lipinski definition) is 4. The molecule has 13 heteroatoms. The molecule has 2 aromatic heterocycles. The molecule has 1 atom stereocenters. The SMILES string of the molecule is CC[C@H](CCNS(=O)(=O)c1cnn(C(F)F)c1C)n1ccc(C(F)(F)F)n1. The molecule has 0 spiro atoms. The van der Waals surface area contributed by atoms with E-state index < -0.39 is 34.5 Å². The summed E-state index contributed by atoms with van der Waals surface area (Å²) in [4.78, 5) is -0.380. The fraction of sp³-hybridized carbons (Fsp3) is 0.571. The second-order valence-electron chi connectivity index (χ2n) is 5.74. The van der Waals surface area contributed by atoms with E-state index in [9.17, 15) is 30.4 Å². The molecule has 0 unspecified atom stereocenters. The molecule has 2 aromatic rings. The molecule has 0 fully saturated rings. The lowest BCUT2D eigenvalue weighted by Gasteiger charge is -2.16. The van der Waals surface area contributed by atoms with Crippen molar-refractivity contribution < 1.29 is 30.4 Å². The Bertz CT molecular complexity index is 875. The number of halogens is 5. The molecule has 0 amide bonds. The van der Waals surface area contributed by atoms with Crippen molar-refractivity contribution in [1.29, 1.82) is 0 Å². The number of hydrogen-bond donors (Lipinski definition) is 1. The Kier molecular flexibility index (Phi) is 6.24. The Balaban J connectivity index is 2.04. The van der Waals surface area contributed by atoms with Gasteiger partial charge in [-0.15, -0.1) is 0 Å². The van der Waals surface area contributed by atoms with Crippen molar-refractivity contribution in [3.8, 4) is 0 Å². The van der Waals surface area contributed by atoms with Crippen LogP contribution in [0.3, 0.4) is 0 Å². The van der Waals surface area contributed by atoms with Crippen LogP contribution in [0.4, 0.5) is 22.0 Å². The number of aromatic nitrogens is 4. The van der Waals surface area contributed by atoms with Crippen molar-refractivity contribution in [2.75, 3.05) is 6.54 Å². The summed E-state index contributed by atoms with van der Waals surface area (Å²) in [7, 11) is -4.08. The standard InChI is InChI=1S/C14H18F5N5O2S/c1-3-10(23-7-5-12(22-23)14(17,18)19)4-6-21-27(25,26)11-8-20-24(9(11)2)13(15)16/h5,7-8,10,13,21H,3-4,6H2,1-2H3/t10-/m1/s1. The second-order valence-corrected chi connectivity index (χ2v) is 7.48. The van der Waals surface area contributed by atoms with Crippen molar-refractivity contribution in [3.05, 3.63) is 29.8 Å². The van der Waals surface area contributed by atoms with Gasteiger partial charge < -0.3 is 0 Å². The molecule has 0 radical (unpaired) electrons. The maximum Gasteiger partial charge on any atom is 0.435 e. The highest BCUT2D eigenvalue weighted by atomic mass is 32.2. The molecule has 0 aliphatic heterocycles. The topological polar surface area (TPSA) is 81.8 Å². The van der Waals surface area contributed by atoms with Crippen LogP contribution in [0.5, 0.6) is 0 Å². The molecule has 0 saturated heterocycles. The van der Waals surface area contributed by atoms with Crippen LogP contribution in [0.2, 0.25) is 0 Å². The van der Waals surface area contributed by atoms with Gasteiger partial charge in [-0.3, -0.25) is 4.68 Å². The van der Waals surface area contributed by atoms with Gasteiger partial charge in [-0.05, 0) is 25.8 Å². The van der Waals surface area contributed by atoms with Gasteiger partial charge in [0.15, 0.2) is 5.69 Å². The highest BCUT2D eigenvalue weighted by Crippen LogP contribution is 2.28. The zero-order chi connectivity index (χ0) is 20.4. The maximum absolute atomic E-state index is 12.7. The van der Waals surface area contributed by atoms with Gasteiger partial charge in [0, 0.05) is 12.7 Å². The summed E-state index contributed by atoms with van der Waals surface area (Å²) in [6, 6.07) is 0.378. The van der Waals surface area contributed by atoms with Crippen LogP contribution in [0, 0.1) is 6.92 Å². The molecular weight excluding hydrogens is 397 g/mol. The van der Waals surface area contributed by atoms with Gasteiger partial charge in [0.05, 0.1) is 17.9 Å². The Hall–Kier alpha value is -2.02. The Morgan fingerprint density at radius 3 is 2.44 bits per heavy atom. The fourth-order valence-corrected chi connectivity index (χ4v) is 3.73. The van der Waals surface area contributed by atoms with Gasteiger partial charge in [-0.25, -0.2) is 17.8 Å². The molecule has 0 saturated carbocycles. The number of nitrogens with zero attached hydrogens (tertiary/aromatic N) is 4. The van der Waals surface area contributed by atoms with Crippen molar-refractivity contribution in [3.63, 3.8) is 0 Å². The van der Waals surface area contributed by atoms with E-state index in [0.717, 1.165) is 16.9 Å². The monoisotopic (exact) mass is 415 g/mol. The highest BCUT2D eigenvalue weighted by Gasteiger charge is 2.34. The average molecular weight is 415 g/mol. The smallest absolute Gasteiger partial charge is 0.269 e. The van der Waals surface area contributed by atoms with Crippen LogP contribution in [-0.4, -0.2) is 34.5 Å². The van der Waals surface area contributed by atoms with E-state index in [-0.39, 0.29) is 28.2 Å². The number of sulfonamides is 1. The Morgan fingerprint density at radius 2 is 1.96 bits per heavy atom. The largest absolute Gasteiger partial charge is 0.435 e. The minimum Gasteiger partial charge on any atom is -0.269 e. The Labute approximate surface area is 152 Å². The van der Waals surface area contributed by atoms with Gasteiger partial charge in [-0.2, -0.15) is 32.1 Å². The van der Waals surface area contributed by atoms with Crippen LogP contribution in [-0.2, 0) is 16.2 Å². The number of rotatable bonds is 8. The normalized spacial score (nSPS) is 14.1. The first kappa shape index (κ1) is 21.3. The third-order valence-electron chi connectivity index (χ3n) is 3.99. The summed E-state index contributed by atoms with van der Waals surface area (Å²) >= 11 is 0. The van der Waals surface area contributed by atoms with E-state index in [1.165, 1.54) is 13.1 Å². The van der Waals surface area contributed by atoms with E-state index in [4.69, 9.17) is 0 Å². The van der Waals surface area contributed by atoms with Crippen molar-refractivity contribution in [2.45, 2.75) is 50.4 Å². The predicted octanol–water partition coefficient (Wildman–Crippen LogP) is 3.12. The zero-order valence-electron chi connectivity index (χ0n) is 14.4. The fourth-order valence-electron chi connectivity index (χ4n) is 2.52. The number of nitrogens with one attached hydrogen (secondary N) is 1. The summed E-state index contributed by atoms with van der Waals surface area (Å²) in [5, 5.41) is 6.82. The lowest BCUT2D eigenvalue weighted by molar-refractivity contribution is -0.141. The lowest BCUT2D eigenvalue weighted by atomic mass is 10.1. The minimum atomic E-state index is -4.56. The van der Waals surface area contributed by atoms with Gasteiger partial charge in [0.25, 0.3) is 0 Å². The third kappa shape index (κ3) is 4.83. The van der Waals surface area contributed by atoms with E-state index in [1.807, 2.05) is 0 Å². The molecule has 1 N–H and O–H groups in total. The molecule has 27 heavy (non-hydrogen) atoms. The summed E-state index contributed by atoms with van der Waals surface area (Å²) in [5.74, 6) is 0.